The van der Waals surface area contributed by atoms with Crippen molar-refractivity contribution < 1.29 is 13.2 Å². The van der Waals surface area contributed by atoms with Crippen LogP contribution in [0, 0.1) is 0 Å². The first-order valence-electron chi connectivity index (χ1n) is 7.31. The number of carbonyl (C=O) groups is 1. The summed E-state index contributed by atoms with van der Waals surface area (Å²) in [6, 6.07) is 8.25. The summed E-state index contributed by atoms with van der Waals surface area (Å²) in [6.07, 6.45) is 0.582. The number of carbonyl (C=O) groups excluding carboxylic acids is 1. The summed E-state index contributed by atoms with van der Waals surface area (Å²) in [7, 11) is -3.68. The van der Waals surface area contributed by atoms with Gasteiger partial charge in [0, 0.05) is 22.9 Å². The van der Waals surface area contributed by atoms with Crippen LogP contribution in [-0.4, -0.2) is 25.9 Å². The van der Waals surface area contributed by atoms with Crippen molar-refractivity contribution in [2.45, 2.75) is 11.3 Å². The molecule has 0 aliphatic rings. The Hall–Kier alpha value is -2.07. The number of nitrogens with one attached hydrogen (secondary N) is 1. The number of aromatic nitrogens is 1. The first-order valence-corrected chi connectivity index (χ1v) is 10.7. The van der Waals surface area contributed by atoms with E-state index in [1.165, 1.54) is 23.5 Å². The number of hydrogen-bond acceptors (Lipinski definition) is 6. The summed E-state index contributed by atoms with van der Waals surface area (Å²) in [5.74, 6) is -0.223. The topological polar surface area (TPSA) is 102 Å². The molecular formula is C16H15N3O3S3. The Morgan fingerprint density at radius 1 is 1.16 bits per heavy atom. The minimum atomic E-state index is -3.68. The van der Waals surface area contributed by atoms with Crippen molar-refractivity contribution in [3.8, 4) is 10.6 Å². The van der Waals surface area contributed by atoms with Gasteiger partial charge in [-0.05, 0) is 35.6 Å². The van der Waals surface area contributed by atoms with Crippen LogP contribution in [0.3, 0.4) is 0 Å². The third-order valence-corrected chi connectivity index (χ3v) is 5.96. The zero-order chi connectivity index (χ0) is 17.9. The van der Waals surface area contributed by atoms with Crippen LogP contribution < -0.4 is 10.5 Å². The predicted molar refractivity (Wildman–Crippen MR) is 99.3 cm³/mol. The fraction of sp³-hybridized carbons (Fsp3) is 0.125. The number of thiazole rings is 1. The summed E-state index contributed by atoms with van der Waals surface area (Å²) in [6.45, 7) is 0.429. The molecule has 3 aromatic rings. The number of amides is 1. The number of rotatable bonds is 6. The van der Waals surface area contributed by atoms with Crippen molar-refractivity contribution >= 4 is 38.6 Å². The van der Waals surface area contributed by atoms with Gasteiger partial charge in [0.15, 0.2) is 0 Å². The van der Waals surface area contributed by atoms with Gasteiger partial charge in [0.2, 0.25) is 10.0 Å². The van der Waals surface area contributed by atoms with Gasteiger partial charge < -0.3 is 5.32 Å². The standard InChI is InChI=1S/C16H15N3O3S3/c17-25(21,22)13-3-1-11(2-4-13)5-7-18-15(20)14-10-24-16(19-14)12-6-8-23-9-12/h1-4,6,8-10H,5,7H2,(H,18,20)(H2,17,21,22). The van der Waals surface area contributed by atoms with Crippen molar-refractivity contribution in [2.75, 3.05) is 6.54 Å². The van der Waals surface area contributed by atoms with E-state index >= 15 is 0 Å². The Bertz CT molecular complexity index is 962. The second-order valence-corrected chi connectivity index (χ2v) is 8.44. The third-order valence-electron chi connectivity index (χ3n) is 3.46. The Labute approximate surface area is 153 Å². The van der Waals surface area contributed by atoms with E-state index in [0.29, 0.717) is 18.7 Å². The van der Waals surface area contributed by atoms with Crippen LogP contribution in [0.5, 0.6) is 0 Å². The second kappa shape index (κ2) is 7.44. The van der Waals surface area contributed by atoms with E-state index in [0.717, 1.165) is 16.1 Å². The van der Waals surface area contributed by atoms with Crippen LogP contribution in [-0.2, 0) is 16.4 Å². The molecule has 0 aliphatic heterocycles. The van der Waals surface area contributed by atoms with Crippen molar-refractivity contribution in [2.24, 2.45) is 5.14 Å². The molecule has 2 heterocycles. The van der Waals surface area contributed by atoms with Gasteiger partial charge in [0.05, 0.1) is 4.90 Å². The molecule has 0 atom stereocenters. The molecule has 1 amide bonds. The van der Waals surface area contributed by atoms with Crippen molar-refractivity contribution in [3.05, 3.63) is 57.7 Å². The van der Waals surface area contributed by atoms with E-state index in [1.54, 1.807) is 28.8 Å². The Morgan fingerprint density at radius 2 is 1.92 bits per heavy atom. The molecule has 3 rings (SSSR count). The zero-order valence-corrected chi connectivity index (χ0v) is 15.5. The van der Waals surface area contributed by atoms with Crippen LogP contribution in [0.1, 0.15) is 16.1 Å². The minimum Gasteiger partial charge on any atom is -0.350 e. The summed E-state index contributed by atoms with van der Waals surface area (Å²) in [4.78, 5) is 16.6. The lowest BCUT2D eigenvalue weighted by Gasteiger charge is -2.04. The van der Waals surface area contributed by atoms with E-state index in [9.17, 15) is 13.2 Å². The normalized spacial score (nSPS) is 11.4. The number of hydrogen-bond donors (Lipinski definition) is 2. The molecule has 0 radical (unpaired) electrons. The van der Waals surface area contributed by atoms with E-state index in [2.05, 4.69) is 10.3 Å². The highest BCUT2D eigenvalue weighted by Gasteiger charge is 2.12. The quantitative estimate of drug-likeness (QED) is 0.672. The van der Waals surface area contributed by atoms with Gasteiger partial charge in [-0.2, -0.15) is 11.3 Å². The molecule has 6 nitrogen and oxygen atoms in total. The highest BCUT2D eigenvalue weighted by Crippen LogP contribution is 2.25. The lowest BCUT2D eigenvalue weighted by molar-refractivity contribution is 0.0950. The molecule has 0 saturated carbocycles. The van der Waals surface area contributed by atoms with Crippen LogP contribution in [0.15, 0.2) is 51.4 Å². The van der Waals surface area contributed by atoms with Gasteiger partial charge in [-0.15, -0.1) is 11.3 Å². The molecule has 3 N–H and O–H groups in total. The van der Waals surface area contributed by atoms with Gasteiger partial charge in [-0.1, -0.05) is 12.1 Å². The average molecular weight is 394 g/mol. The van der Waals surface area contributed by atoms with Crippen LogP contribution in [0.2, 0.25) is 0 Å². The molecule has 0 unspecified atom stereocenters. The maximum Gasteiger partial charge on any atom is 0.270 e. The maximum absolute atomic E-state index is 12.1. The average Bonchev–Trinajstić information content (AvgIpc) is 3.25. The number of sulfonamides is 1. The Morgan fingerprint density at radius 3 is 2.56 bits per heavy atom. The van der Waals surface area contributed by atoms with Gasteiger partial charge in [0.25, 0.3) is 5.91 Å². The van der Waals surface area contributed by atoms with Gasteiger partial charge in [0.1, 0.15) is 10.7 Å². The fourth-order valence-electron chi connectivity index (χ4n) is 2.15. The summed E-state index contributed by atoms with van der Waals surface area (Å²) >= 11 is 3.02. The zero-order valence-electron chi connectivity index (χ0n) is 13.0. The third kappa shape index (κ3) is 4.51. The van der Waals surface area contributed by atoms with Gasteiger partial charge in [-0.3, -0.25) is 4.79 Å². The molecule has 0 fully saturated rings. The van der Waals surface area contributed by atoms with Crippen LogP contribution in [0.25, 0.3) is 10.6 Å². The summed E-state index contributed by atoms with van der Waals surface area (Å²) in [5.41, 5.74) is 2.32. The molecule has 0 saturated heterocycles. The van der Waals surface area contributed by atoms with E-state index < -0.39 is 10.0 Å². The molecule has 0 bridgehead atoms. The van der Waals surface area contributed by atoms with Gasteiger partial charge >= 0.3 is 0 Å². The summed E-state index contributed by atoms with van der Waals surface area (Å²) < 4.78 is 22.4. The predicted octanol–water partition coefficient (Wildman–Crippen LogP) is 2.49. The van der Waals surface area contributed by atoms with Crippen molar-refractivity contribution in [1.82, 2.24) is 10.3 Å². The smallest absolute Gasteiger partial charge is 0.270 e. The number of primary sulfonamides is 1. The molecule has 0 spiro atoms. The summed E-state index contributed by atoms with van der Waals surface area (Å²) in [5, 5.41) is 14.4. The highest BCUT2D eigenvalue weighted by molar-refractivity contribution is 7.89. The van der Waals surface area contributed by atoms with E-state index in [1.807, 2.05) is 16.8 Å². The molecule has 1 aromatic carbocycles. The number of thiophene rings is 1. The molecular weight excluding hydrogens is 378 g/mol. The van der Waals surface area contributed by atoms with Crippen LogP contribution in [0.4, 0.5) is 0 Å². The lowest BCUT2D eigenvalue weighted by atomic mass is 10.1. The molecule has 25 heavy (non-hydrogen) atoms. The number of nitrogens with two attached hydrogens (primary N) is 1. The van der Waals surface area contributed by atoms with Crippen LogP contribution >= 0.6 is 22.7 Å². The largest absolute Gasteiger partial charge is 0.350 e. The Kier molecular flexibility index (Phi) is 5.28. The Balaban J connectivity index is 1.54. The fourth-order valence-corrected chi connectivity index (χ4v) is 4.18. The van der Waals surface area contributed by atoms with Crippen molar-refractivity contribution in [3.63, 3.8) is 0 Å². The number of nitrogens with zero attached hydrogens (tertiary/aromatic N) is 1. The lowest BCUT2D eigenvalue weighted by Crippen LogP contribution is -2.26. The molecule has 2 aromatic heterocycles. The molecule has 130 valence electrons. The first-order chi connectivity index (χ1) is 11.9. The molecule has 0 aliphatic carbocycles. The SMILES string of the molecule is NS(=O)(=O)c1ccc(CCNC(=O)c2csc(-c3ccsc3)n2)cc1. The van der Waals surface area contributed by atoms with Crippen molar-refractivity contribution in [1.29, 1.82) is 0 Å². The maximum atomic E-state index is 12.1. The van der Waals surface area contributed by atoms with E-state index in [4.69, 9.17) is 5.14 Å². The second-order valence-electron chi connectivity index (χ2n) is 5.24. The number of benzene rings is 1. The highest BCUT2D eigenvalue weighted by atomic mass is 32.2. The van der Waals surface area contributed by atoms with E-state index in [-0.39, 0.29) is 10.8 Å². The monoisotopic (exact) mass is 393 g/mol. The molecule has 9 heteroatoms. The van der Waals surface area contributed by atoms with Gasteiger partial charge in [-0.25, -0.2) is 18.5 Å². The first kappa shape index (κ1) is 17.7. The minimum absolute atomic E-state index is 0.0729.